The van der Waals surface area contributed by atoms with Crippen LogP contribution < -0.4 is 16.2 Å². The zero-order valence-electron chi connectivity index (χ0n) is 15.0. The van der Waals surface area contributed by atoms with Gasteiger partial charge in [-0.2, -0.15) is 0 Å². The lowest BCUT2D eigenvalue weighted by molar-refractivity contribution is 0.306. The molecule has 0 aliphatic heterocycles. The third-order valence-corrected chi connectivity index (χ3v) is 4.29. The minimum atomic E-state index is 0.629. The number of nitrogens with two attached hydrogens (primary N) is 2. The predicted molar refractivity (Wildman–Crippen MR) is 102 cm³/mol. The van der Waals surface area contributed by atoms with Crippen LogP contribution in [-0.2, 0) is 0 Å². The molecule has 0 saturated heterocycles. The lowest BCUT2D eigenvalue weighted by Crippen LogP contribution is -2.01. The van der Waals surface area contributed by atoms with Crippen LogP contribution >= 0.6 is 0 Å². The van der Waals surface area contributed by atoms with E-state index in [0.29, 0.717) is 11.4 Å². The largest absolute Gasteiger partial charge is 0.491 e. The normalized spacial score (nSPS) is 10.8. The second kappa shape index (κ2) is 13.1. The van der Waals surface area contributed by atoms with Crippen molar-refractivity contribution in [1.82, 2.24) is 0 Å². The van der Waals surface area contributed by atoms with Gasteiger partial charge in [0.05, 0.1) is 12.3 Å². The number of ether oxygens (including phenoxy) is 1. The Balaban J connectivity index is 1.86. The van der Waals surface area contributed by atoms with Crippen LogP contribution in [0.2, 0.25) is 0 Å². The molecule has 0 aliphatic carbocycles. The van der Waals surface area contributed by atoms with Crippen LogP contribution in [0.1, 0.15) is 84.0 Å². The summed E-state index contributed by atoms with van der Waals surface area (Å²) >= 11 is 0. The van der Waals surface area contributed by atoms with Gasteiger partial charge < -0.3 is 16.2 Å². The fourth-order valence-electron chi connectivity index (χ4n) is 2.82. The van der Waals surface area contributed by atoms with Gasteiger partial charge in [-0.1, -0.05) is 77.6 Å². The summed E-state index contributed by atoms with van der Waals surface area (Å²) in [5.41, 5.74) is 12.8. The van der Waals surface area contributed by atoms with Gasteiger partial charge >= 0.3 is 0 Å². The number of nitrogen functional groups attached to an aromatic ring is 2. The summed E-state index contributed by atoms with van der Waals surface area (Å²) in [4.78, 5) is 0. The van der Waals surface area contributed by atoms with E-state index in [4.69, 9.17) is 16.2 Å². The van der Waals surface area contributed by atoms with E-state index in [1.165, 1.54) is 70.6 Å². The van der Waals surface area contributed by atoms with Crippen molar-refractivity contribution in [3.05, 3.63) is 18.2 Å². The van der Waals surface area contributed by atoms with E-state index < -0.39 is 0 Å². The van der Waals surface area contributed by atoms with Gasteiger partial charge in [0.1, 0.15) is 5.75 Å². The molecular formula is C20H36N2O. The second-order valence-electron chi connectivity index (χ2n) is 6.53. The predicted octanol–water partition coefficient (Wildman–Crippen LogP) is 5.93. The standard InChI is InChI=1S/C20H36N2O/c1-2-3-4-5-6-7-8-9-10-11-12-13-16-23-20-15-14-18(21)17-19(20)22/h14-15,17H,2-13,16,21-22H2,1H3. The summed E-state index contributed by atoms with van der Waals surface area (Å²) in [6, 6.07) is 5.43. The zero-order valence-corrected chi connectivity index (χ0v) is 15.0. The van der Waals surface area contributed by atoms with Crippen molar-refractivity contribution in [3.8, 4) is 5.75 Å². The maximum Gasteiger partial charge on any atom is 0.142 e. The molecule has 0 heterocycles. The summed E-state index contributed by atoms with van der Waals surface area (Å²) in [7, 11) is 0. The first kappa shape index (κ1) is 19.7. The van der Waals surface area contributed by atoms with Crippen molar-refractivity contribution in [2.24, 2.45) is 0 Å². The molecule has 0 unspecified atom stereocenters. The third-order valence-electron chi connectivity index (χ3n) is 4.29. The average Bonchev–Trinajstić information content (AvgIpc) is 2.53. The van der Waals surface area contributed by atoms with E-state index in [-0.39, 0.29) is 0 Å². The Bertz CT molecular complexity index is 407. The van der Waals surface area contributed by atoms with E-state index in [2.05, 4.69) is 6.92 Å². The molecule has 0 aromatic heterocycles. The van der Waals surface area contributed by atoms with Crippen molar-refractivity contribution in [1.29, 1.82) is 0 Å². The summed E-state index contributed by atoms with van der Waals surface area (Å²) in [6.07, 6.45) is 16.3. The van der Waals surface area contributed by atoms with Gasteiger partial charge in [0.2, 0.25) is 0 Å². The molecule has 3 heteroatoms. The highest BCUT2D eigenvalue weighted by Gasteiger charge is 2.00. The topological polar surface area (TPSA) is 61.3 Å². The van der Waals surface area contributed by atoms with Crippen LogP contribution in [0.25, 0.3) is 0 Å². The molecule has 0 radical (unpaired) electrons. The van der Waals surface area contributed by atoms with Crippen LogP contribution in [0, 0.1) is 0 Å². The fraction of sp³-hybridized carbons (Fsp3) is 0.700. The van der Waals surface area contributed by atoms with Gasteiger partial charge in [0.25, 0.3) is 0 Å². The van der Waals surface area contributed by atoms with Gasteiger partial charge in [-0.15, -0.1) is 0 Å². The Hall–Kier alpha value is -1.38. The van der Waals surface area contributed by atoms with Crippen LogP contribution in [0.3, 0.4) is 0 Å². The summed E-state index contributed by atoms with van der Waals surface area (Å²) < 4.78 is 5.70. The lowest BCUT2D eigenvalue weighted by atomic mass is 10.1. The number of anilines is 2. The van der Waals surface area contributed by atoms with Crippen LogP contribution in [-0.4, -0.2) is 6.61 Å². The molecule has 1 rings (SSSR count). The number of hydrogen-bond donors (Lipinski definition) is 2. The smallest absolute Gasteiger partial charge is 0.142 e. The number of unbranched alkanes of at least 4 members (excludes halogenated alkanes) is 11. The number of rotatable bonds is 14. The molecule has 1 aromatic rings. The summed E-state index contributed by atoms with van der Waals surface area (Å²) in [6.45, 7) is 3.02. The highest BCUT2D eigenvalue weighted by molar-refractivity contribution is 5.60. The van der Waals surface area contributed by atoms with Crippen LogP contribution in [0.4, 0.5) is 11.4 Å². The van der Waals surface area contributed by atoms with Crippen LogP contribution in [0.15, 0.2) is 18.2 Å². The van der Waals surface area contributed by atoms with E-state index in [1.807, 2.05) is 12.1 Å². The minimum absolute atomic E-state index is 0.629. The molecule has 132 valence electrons. The Morgan fingerprint density at radius 3 is 1.78 bits per heavy atom. The summed E-state index contributed by atoms with van der Waals surface area (Å²) in [5.74, 6) is 0.752. The van der Waals surface area contributed by atoms with E-state index >= 15 is 0 Å². The molecule has 0 aliphatic rings. The molecule has 1 aromatic carbocycles. The van der Waals surface area contributed by atoms with Crippen molar-refractivity contribution < 1.29 is 4.74 Å². The van der Waals surface area contributed by atoms with E-state index in [0.717, 1.165) is 18.8 Å². The van der Waals surface area contributed by atoms with E-state index in [1.54, 1.807) is 6.07 Å². The molecule has 0 fully saturated rings. The van der Waals surface area contributed by atoms with Crippen molar-refractivity contribution in [2.75, 3.05) is 18.1 Å². The molecule has 0 saturated carbocycles. The Kier molecular flexibility index (Phi) is 11.2. The van der Waals surface area contributed by atoms with Crippen molar-refractivity contribution in [2.45, 2.75) is 84.0 Å². The Morgan fingerprint density at radius 2 is 1.26 bits per heavy atom. The third kappa shape index (κ3) is 10.1. The highest BCUT2D eigenvalue weighted by Crippen LogP contribution is 2.23. The first-order valence-electron chi connectivity index (χ1n) is 9.52. The van der Waals surface area contributed by atoms with Crippen LogP contribution in [0.5, 0.6) is 5.75 Å². The molecule has 0 amide bonds. The maximum atomic E-state index is 5.86. The Morgan fingerprint density at radius 1 is 0.739 bits per heavy atom. The first-order valence-corrected chi connectivity index (χ1v) is 9.52. The average molecular weight is 321 g/mol. The van der Waals surface area contributed by atoms with Gasteiger partial charge in [0, 0.05) is 5.69 Å². The summed E-state index contributed by atoms with van der Waals surface area (Å²) in [5, 5.41) is 0. The monoisotopic (exact) mass is 320 g/mol. The lowest BCUT2D eigenvalue weighted by Gasteiger charge is -2.09. The van der Waals surface area contributed by atoms with Crippen molar-refractivity contribution >= 4 is 11.4 Å². The molecular weight excluding hydrogens is 284 g/mol. The molecule has 0 spiro atoms. The van der Waals surface area contributed by atoms with Gasteiger partial charge in [-0.25, -0.2) is 0 Å². The van der Waals surface area contributed by atoms with Gasteiger partial charge in [-0.3, -0.25) is 0 Å². The maximum absolute atomic E-state index is 5.86. The highest BCUT2D eigenvalue weighted by atomic mass is 16.5. The van der Waals surface area contributed by atoms with Crippen molar-refractivity contribution in [3.63, 3.8) is 0 Å². The minimum Gasteiger partial charge on any atom is -0.491 e. The quantitative estimate of drug-likeness (QED) is 0.330. The van der Waals surface area contributed by atoms with Gasteiger partial charge in [0.15, 0.2) is 0 Å². The zero-order chi connectivity index (χ0) is 16.8. The Labute approximate surface area is 142 Å². The second-order valence-corrected chi connectivity index (χ2v) is 6.53. The first-order chi connectivity index (χ1) is 11.2. The number of benzene rings is 1. The van der Waals surface area contributed by atoms with Gasteiger partial charge in [-0.05, 0) is 24.6 Å². The molecule has 0 bridgehead atoms. The van der Waals surface area contributed by atoms with E-state index in [9.17, 15) is 0 Å². The molecule has 0 atom stereocenters. The SMILES string of the molecule is CCCCCCCCCCCCCCOc1ccc(N)cc1N. The number of hydrogen-bond acceptors (Lipinski definition) is 3. The molecule has 4 N–H and O–H groups in total. The molecule has 23 heavy (non-hydrogen) atoms. The fourth-order valence-corrected chi connectivity index (χ4v) is 2.82. The molecule has 3 nitrogen and oxygen atoms in total.